The first-order valence-electron chi connectivity index (χ1n) is 9.49. The molecule has 4 aliphatic carbocycles. The second-order valence-electron chi connectivity index (χ2n) is 9.11. The molecule has 2 saturated carbocycles. The number of aliphatic hydroxyl groups is 1. The average Bonchev–Trinajstić information content (AvgIpc) is 2.88. The van der Waals surface area contributed by atoms with Crippen molar-refractivity contribution in [3.63, 3.8) is 0 Å². The normalized spacial score (nSPS) is 45.8. The van der Waals surface area contributed by atoms with Crippen LogP contribution in [0.3, 0.4) is 0 Å². The van der Waals surface area contributed by atoms with Gasteiger partial charge in [-0.25, -0.2) is 4.39 Å². The molecule has 2 fully saturated rings. The molecular formula is C21H27FO3. The van der Waals surface area contributed by atoms with Gasteiger partial charge in [-0.15, -0.1) is 0 Å². The lowest BCUT2D eigenvalue weighted by Crippen LogP contribution is -2.48. The van der Waals surface area contributed by atoms with Gasteiger partial charge in [-0.2, -0.15) is 0 Å². The summed E-state index contributed by atoms with van der Waals surface area (Å²) >= 11 is 0. The fourth-order valence-corrected chi connectivity index (χ4v) is 6.46. The Kier molecular flexibility index (Phi) is 3.84. The highest BCUT2D eigenvalue weighted by Crippen LogP contribution is 2.63. The average molecular weight is 346 g/mol. The number of fused-ring (bicyclic) bond motifs is 5. The van der Waals surface area contributed by atoms with Crippen LogP contribution in [-0.4, -0.2) is 29.5 Å². The Morgan fingerprint density at radius 3 is 2.80 bits per heavy atom. The molecule has 0 amide bonds. The summed E-state index contributed by atoms with van der Waals surface area (Å²) in [7, 11) is 0. The topological polar surface area (TPSA) is 54.4 Å². The van der Waals surface area contributed by atoms with Crippen LogP contribution in [0.25, 0.3) is 0 Å². The summed E-state index contributed by atoms with van der Waals surface area (Å²) in [5.74, 6) is 1.01. The Labute approximate surface area is 148 Å². The third-order valence-corrected chi connectivity index (χ3v) is 7.77. The Balaban J connectivity index is 1.74. The zero-order chi connectivity index (χ0) is 18.0. The summed E-state index contributed by atoms with van der Waals surface area (Å²) in [6.45, 7) is 3.35. The molecule has 0 aromatic carbocycles. The molecule has 4 heteroatoms. The fraction of sp³-hybridized carbons (Fsp3) is 0.714. The molecule has 1 N–H and O–H groups in total. The SMILES string of the molecule is C[C@]12CC[C@@H]3[C@@H](CC=C4CC(O)C(C(=O)CF)=C[C@@]43C)[C@@H]1CC(=O)C2. The number of carbonyl (C=O) groups is 2. The lowest BCUT2D eigenvalue weighted by Gasteiger charge is -2.55. The van der Waals surface area contributed by atoms with Gasteiger partial charge in [-0.05, 0) is 48.9 Å². The number of rotatable bonds is 2. The summed E-state index contributed by atoms with van der Waals surface area (Å²) in [5, 5.41) is 10.3. The van der Waals surface area contributed by atoms with Crippen LogP contribution in [0.1, 0.15) is 52.4 Å². The summed E-state index contributed by atoms with van der Waals surface area (Å²) in [5.41, 5.74) is 1.26. The number of hydrogen-bond acceptors (Lipinski definition) is 3. The van der Waals surface area contributed by atoms with Crippen LogP contribution in [0.4, 0.5) is 4.39 Å². The number of carbonyl (C=O) groups excluding carboxylic acids is 2. The Morgan fingerprint density at radius 1 is 1.32 bits per heavy atom. The molecule has 1 unspecified atom stereocenters. The molecule has 136 valence electrons. The zero-order valence-corrected chi connectivity index (χ0v) is 15.1. The minimum absolute atomic E-state index is 0.120. The van der Waals surface area contributed by atoms with Gasteiger partial charge < -0.3 is 5.11 Å². The molecule has 25 heavy (non-hydrogen) atoms. The highest BCUT2D eigenvalue weighted by Gasteiger charge is 2.57. The van der Waals surface area contributed by atoms with E-state index >= 15 is 0 Å². The smallest absolute Gasteiger partial charge is 0.192 e. The first-order valence-corrected chi connectivity index (χ1v) is 9.49. The Morgan fingerprint density at radius 2 is 2.08 bits per heavy atom. The predicted molar refractivity (Wildman–Crippen MR) is 92.5 cm³/mol. The van der Waals surface area contributed by atoms with Crippen molar-refractivity contribution in [2.45, 2.75) is 58.5 Å². The van der Waals surface area contributed by atoms with Gasteiger partial charge in [-0.1, -0.05) is 31.6 Å². The van der Waals surface area contributed by atoms with E-state index in [0.717, 1.165) is 19.3 Å². The molecule has 0 aromatic heterocycles. The first-order chi connectivity index (χ1) is 11.8. The molecule has 0 spiro atoms. The van der Waals surface area contributed by atoms with Crippen LogP contribution in [0.15, 0.2) is 23.3 Å². The first kappa shape index (κ1) is 17.1. The van der Waals surface area contributed by atoms with Gasteiger partial charge in [-0.3, -0.25) is 9.59 Å². The van der Waals surface area contributed by atoms with E-state index in [9.17, 15) is 19.1 Å². The van der Waals surface area contributed by atoms with Gasteiger partial charge in [0.15, 0.2) is 12.5 Å². The molecular weight excluding hydrogens is 319 g/mol. The number of aliphatic hydroxyl groups excluding tert-OH is 1. The van der Waals surface area contributed by atoms with E-state index in [0.29, 0.717) is 42.8 Å². The zero-order valence-electron chi connectivity index (χ0n) is 15.1. The minimum atomic E-state index is -1.05. The molecule has 0 saturated heterocycles. The lowest BCUT2D eigenvalue weighted by molar-refractivity contribution is -0.118. The van der Waals surface area contributed by atoms with Gasteiger partial charge in [0.25, 0.3) is 0 Å². The fourth-order valence-electron chi connectivity index (χ4n) is 6.46. The quantitative estimate of drug-likeness (QED) is 0.778. The highest BCUT2D eigenvalue weighted by atomic mass is 19.1. The largest absolute Gasteiger partial charge is 0.388 e. The summed E-state index contributed by atoms with van der Waals surface area (Å²) < 4.78 is 12.9. The second kappa shape index (κ2) is 5.60. The Bertz CT molecular complexity index is 693. The third kappa shape index (κ3) is 2.40. The Hall–Kier alpha value is -1.29. The van der Waals surface area contributed by atoms with E-state index in [-0.39, 0.29) is 16.4 Å². The van der Waals surface area contributed by atoms with Gasteiger partial charge in [0, 0.05) is 23.8 Å². The van der Waals surface area contributed by atoms with Crippen LogP contribution in [0.5, 0.6) is 0 Å². The van der Waals surface area contributed by atoms with Crippen molar-refractivity contribution in [2.75, 3.05) is 6.67 Å². The van der Waals surface area contributed by atoms with Gasteiger partial charge in [0.2, 0.25) is 0 Å². The molecule has 4 rings (SSSR count). The van der Waals surface area contributed by atoms with E-state index in [1.54, 1.807) is 0 Å². The van der Waals surface area contributed by atoms with Crippen LogP contribution >= 0.6 is 0 Å². The van der Waals surface area contributed by atoms with E-state index in [2.05, 4.69) is 19.9 Å². The maximum absolute atomic E-state index is 12.9. The third-order valence-electron chi connectivity index (χ3n) is 7.77. The van der Waals surface area contributed by atoms with Crippen LogP contribution in [0, 0.1) is 28.6 Å². The number of ketones is 2. The van der Waals surface area contributed by atoms with E-state index in [1.807, 2.05) is 6.08 Å². The van der Waals surface area contributed by atoms with Crippen molar-refractivity contribution in [1.82, 2.24) is 0 Å². The van der Waals surface area contributed by atoms with Gasteiger partial charge >= 0.3 is 0 Å². The predicted octanol–water partition coefficient (Wildman–Crippen LogP) is 3.56. The molecule has 0 aliphatic heterocycles. The number of hydrogen-bond donors (Lipinski definition) is 1. The maximum Gasteiger partial charge on any atom is 0.192 e. The maximum atomic E-state index is 12.9. The minimum Gasteiger partial charge on any atom is -0.388 e. The molecule has 0 aromatic rings. The molecule has 0 bridgehead atoms. The van der Waals surface area contributed by atoms with Crippen molar-refractivity contribution in [3.05, 3.63) is 23.3 Å². The van der Waals surface area contributed by atoms with E-state index < -0.39 is 18.6 Å². The van der Waals surface area contributed by atoms with Gasteiger partial charge in [0.05, 0.1) is 6.10 Å². The van der Waals surface area contributed by atoms with Crippen molar-refractivity contribution in [3.8, 4) is 0 Å². The summed E-state index contributed by atoms with van der Waals surface area (Å²) in [6.07, 6.45) is 8.04. The van der Waals surface area contributed by atoms with Crippen molar-refractivity contribution < 1.29 is 19.1 Å². The second-order valence-corrected chi connectivity index (χ2v) is 9.11. The standard InChI is InChI=1S/C21H27FO3/c1-20-6-5-16-14(17(20)8-13(23)9-20)4-3-12-7-18(24)15(19(25)11-22)10-21(12,16)2/h3,10,14,16-18,24H,4-9,11H2,1-2H3/t14-,16-,17+,18?,20-,21+/m1/s1. The van der Waals surface area contributed by atoms with Crippen LogP contribution in [0.2, 0.25) is 0 Å². The van der Waals surface area contributed by atoms with Gasteiger partial charge in [0.1, 0.15) is 5.78 Å². The van der Waals surface area contributed by atoms with Crippen molar-refractivity contribution in [2.24, 2.45) is 28.6 Å². The highest BCUT2D eigenvalue weighted by molar-refractivity contribution is 5.97. The summed E-state index contributed by atoms with van der Waals surface area (Å²) in [4.78, 5) is 24.1. The van der Waals surface area contributed by atoms with Crippen molar-refractivity contribution >= 4 is 11.6 Å². The summed E-state index contributed by atoms with van der Waals surface area (Å²) in [6, 6.07) is 0. The lowest BCUT2D eigenvalue weighted by atomic mass is 9.49. The van der Waals surface area contributed by atoms with E-state index in [1.165, 1.54) is 5.57 Å². The number of alkyl halides is 1. The van der Waals surface area contributed by atoms with Crippen LogP contribution < -0.4 is 0 Å². The number of allylic oxidation sites excluding steroid dienone is 2. The molecule has 4 aliphatic rings. The van der Waals surface area contributed by atoms with E-state index in [4.69, 9.17) is 0 Å². The monoisotopic (exact) mass is 346 g/mol. The number of Topliss-reactive ketones (excluding diaryl/α,β-unsaturated/α-hetero) is 2. The molecule has 0 heterocycles. The molecule has 0 radical (unpaired) electrons. The molecule has 6 atom stereocenters. The van der Waals surface area contributed by atoms with Crippen LogP contribution in [-0.2, 0) is 9.59 Å². The number of halogens is 1. The molecule has 3 nitrogen and oxygen atoms in total. The van der Waals surface area contributed by atoms with Crippen molar-refractivity contribution in [1.29, 1.82) is 0 Å².